The van der Waals surface area contributed by atoms with Gasteiger partial charge < -0.3 is 10.6 Å². The number of nitrogens with zero attached hydrogens (tertiary/aromatic N) is 2. The topological polar surface area (TPSA) is 39.7 Å². The molecule has 2 aromatic carbocycles. The molecule has 142 valence electrons. The van der Waals surface area contributed by atoms with Crippen molar-refractivity contribution in [3.05, 3.63) is 82.1 Å². The maximum absolute atomic E-state index is 6.01. The summed E-state index contributed by atoms with van der Waals surface area (Å²) in [5, 5.41) is 15.1. The Kier molecular flexibility index (Phi) is 6.78. The number of rotatable bonds is 8. The summed E-state index contributed by atoms with van der Waals surface area (Å²) < 4.78 is 0. The number of hydrogen-bond donors (Lipinski definition) is 2. The average molecular weight is 403 g/mol. The van der Waals surface area contributed by atoms with Crippen molar-refractivity contribution in [2.75, 3.05) is 19.6 Å². The van der Waals surface area contributed by atoms with Crippen LogP contribution in [0.1, 0.15) is 18.1 Å². The van der Waals surface area contributed by atoms with Crippen LogP contribution in [0.5, 0.6) is 0 Å². The van der Waals surface area contributed by atoms with Gasteiger partial charge in [0.05, 0.1) is 18.3 Å². The lowest BCUT2D eigenvalue weighted by Crippen LogP contribution is -2.40. The van der Waals surface area contributed by atoms with E-state index in [4.69, 9.17) is 28.3 Å². The maximum Gasteiger partial charge on any atom is 0.115 e. The van der Waals surface area contributed by atoms with E-state index in [1.54, 1.807) is 0 Å². The van der Waals surface area contributed by atoms with Crippen LogP contribution in [0, 0.1) is 0 Å². The smallest absolute Gasteiger partial charge is 0.115 e. The zero-order chi connectivity index (χ0) is 19.2. The highest BCUT2D eigenvalue weighted by Gasteiger charge is 2.28. The first-order valence-electron chi connectivity index (χ1n) is 9.09. The summed E-state index contributed by atoms with van der Waals surface area (Å²) in [6.45, 7) is 8.67. The molecule has 2 aromatic rings. The Bertz CT molecular complexity index is 800. The van der Waals surface area contributed by atoms with Crippen LogP contribution in [-0.4, -0.2) is 36.4 Å². The first-order valence-corrected chi connectivity index (χ1v) is 9.85. The molecule has 1 heterocycles. The molecular weight excluding hydrogens is 379 g/mol. The maximum atomic E-state index is 6.01. The second kappa shape index (κ2) is 9.27. The molecule has 0 fully saturated rings. The second-order valence-corrected chi connectivity index (χ2v) is 7.31. The van der Waals surface area contributed by atoms with E-state index in [9.17, 15) is 0 Å². The molecule has 0 aliphatic carbocycles. The fourth-order valence-electron chi connectivity index (χ4n) is 3.05. The fourth-order valence-corrected chi connectivity index (χ4v) is 3.30. The van der Waals surface area contributed by atoms with Gasteiger partial charge in [-0.1, -0.05) is 61.0 Å². The molecule has 0 saturated heterocycles. The van der Waals surface area contributed by atoms with Gasteiger partial charge in [-0.15, -0.1) is 0 Å². The molecule has 2 N–H and O–H groups in total. The monoisotopic (exact) mass is 402 g/mol. The molecule has 0 saturated carbocycles. The highest BCUT2D eigenvalue weighted by molar-refractivity contribution is 6.30. The van der Waals surface area contributed by atoms with E-state index in [2.05, 4.69) is 24.1 Å². The Balaban J connectivity index is 1.62. The average Bonchev–Trinajstić information content (AvgIpc) is 3.08. The predicted octanol–water partition coefficient (Wildman–Crippen LogP) is 4.29. The van der Waals surface area contributed by atoms with Crippen LogP contribution >= 0.6 is 23.2 Å². The van der Waals surface area contributed by atoms with Crippen molar-refractivity contribution in [1.82, 2.24) is 15.6 Å². The lowest BCUT2D eigenvalue weighted by molar-refractivity contribution is 0.350. The number of likely N-dealkylation sites (N-methyl/N-ethyl adjacent to an activating group) is 1. The standard InChI is InChI=1S/C21H24Cl2N4/c1-3-24-20-14-27(26-21(20)17-6-10-19(23)11-7-17)15(2)25-13-12-16-4-8-18(22)9-5-16/h4-11,20,24-25H,2-3,12-14H2,1H3. The molecule has 0 amide bonds. The first kappa shape index (κ1) is 19.7. The first-order chi connectivity index (χ1) is 13.1. The van der Waals surface area contributed by atoms with Crippen LogP contribution in [0.2, 0.25) is 10.0 Å². The van der Waals surface area contributed by atoms with Gasteiger partial charge in [-0.3, -0.25) is 0 Å². The molecule has 4 nitrogen and oxygen atoms in total. The number of hydrazone groups is 1. The minimum absolute atomic E-state index is 0.158. The summed E-state index contributed by atoms with van der Waals surface area (Å²) in [5.41, 5.74) is 3.31. The van der Waals surface area contributed by atoms with Crippen molar-refractivity contribution >= 4 is 28.9 Å². The van der Waals surface area contributed by atoms with Gasteiger partial charge >= 0.3 is 0 Å². The minimum atomic E-state index is 0.158. The van der Waals surface area contributed by atoms with Crippen LogP contribution in [0.4, 0.5) is 0 Å². The highest BCUT2D eigenvalue weighted by atomic mass is 35.5. The third-order valence-electron chi connectivity index (χ3n) is 4.47. The lowest BCUT2D eigenvalue weighted by atomic mass is 10.0. The van der Waals surface area contributed by atoms with E-state index in [1.165, 1.54) is 5.56 Å². The highest BCUT2D eigenvalue weighted by Crippen LogP contribution is 2.19. The summed E-state index contributed by atoms with van der Waals surface area (Å²) in [4.78, 5) is 0. The third kappa shape index (κ3) is 5.25. The van der Waals surface area contributed by atoms with Gasteiger partial charge in [-0.2, -0.15) is 5.10 Å². The van der Waals surface area contributed by atoms with E-state index in [1.807, 2.05) is 53.5 Å². The van der Waals surface area contributed by atoms with Crippen LogP contribution in [0.25, 0.3) is 0 Å². The van der Waals surface area contributed by atoms with Crippen molar-refractivity contribution < 1.29 is 0 Å². The Morgan fingerprint density at radius 1 is 1.11 bits per heavy atom. The van der Waals surface area contributed by atoms with Crippen molar-refractivity contribution in [1.29, 1.82) is 0 Å². The number of halogens is 2. The van der Waals surface area contributed by atoms with Crippen LogP contribution in [0.3, 0.4) is 0 Å². The van der Waals surface area contributed by atoms with Crippen molar-refractivity contribution in [2.45, 2.75) is 19.4 Å². The molecule has 0 bridgehead atoms. The van der Waals surface area contributed by atoms with Gasteiger partial charge in [0.25, 0.3) is 0 Å². The van der Waals surface area contributed by atoms with Gasteiger partial charge in [0, 0.05) is 16.6 Å². The molecule has 0 aromatic heterocycles. The summed E-state index contributed by atoms with van der Waals surface area (Å²) >= 11 is 11.9. The van der Waals surface area contributed by atoms with Gasteiger partial charge in [-0.25, -0.2) is 5.01 Å². The van der Waals surface area contributed by atoms with Crippen molar-refractivity contribution in [2.24, 2.45) is 5.10 Å². The van der Waals surface area contributed by atoms with E-state index >= 15 is 0 Å². The third-order valence-corrected chi connectivity index (χ3v) is 4.98. The van der Waals surface area contributed by atoms with E-state index in [0.717, 1.165) is 53.2 Å². The zero-order valence-corrected chi connectivity index (χ0v) is 16.9. The Morgan fingerprint density at radius 2 is 1.74 bits per heavy atom. The van der Waals surface area contributed by atoms with E-state index < -0.39 is 0 Å². The second-order valence-electron chi connectivity index (χ2n) is 6.43. The van der Waals surface area contributed by atoms with E-state index in [0.29, 0.717) is 0 Å². The van der Waals surface area contributed by atoms with Gasteiger partial charge in [0.2, 0.25) is 0 Å². The summed E-state index contributed by atoms with van der Waals surface area (Å²) in [6.07, 6.45) is 0.897. The van der Waals surface area contributed by atoms with Gasteiger partial charge in [0.1, 0.15) is 5.82 Å². The molecular formula is C21H24Cl2N4. The van der Waals surface area contributed by atoms with Crippen LogP contribution in [0.15, 0.2) is 66.0 Å². The molecule has 27 heavy (non-hydrogen) atoms. The van der Waals surface area contributed by atoms with Crippen molar-refractivity contribution in [3.8, 4) is 0 Å². The number of nitrogens with one attached hydrogen (secondary N) is 2. The van der Waals surface area contributed by atoms with Crippen LogP contribution in [-0.2, 0) is 6.42 Å². The predicted molar refractivity (Wildman–Crippen MR) is 114 cm³/mol. The molecule has 6 heteroatoms. The molecule has 0 spiro atoms. The fraction of sp³-hybridized carbons (Fsp3) is 0.286. The summed E-state index contributed by atoms with van der Waals surface area (Å²) in [6, 6.07) is 15.9. The normalized spacial score (nSPS) is 16.3. The van der Waals surface area contributed by atoms with E-state index in [-0.39, 0.29) is 6.04 Å². The molecule has 1 aliphatic rings. The molecule has 3 rings (SSSR count). The molecule has 1 unspecified atom stereocenters. The van der Waals surface area contributed by atoms with Crippen molar-refractivity contribution in [3.63, 3.8) is 0 Å². The lowest BCUT2D eigenvalue weighted by Gasteiger charge is -2.20. The van der Waals surface area contributed by atoms with Crippen LogP contribution < -0.4 is 10.6 Å². The Morgan fingerprint density at radius 3 is 2.37 bits per heavy atom. The Labute approximate surface area is 170 Å². The Hall–Kier alpha value is -2.01. The molecule has 1 aliphatic heterocycles. The van der Waals surface area contributed by atoms with Gasteiger partial charge in [-0.05, 0) is 48.4 Å². The SMILES string of the molecule is C=C(NCCc1ccc(Cl)cc1)N1CC(NCC)C(c2ccc(Cl)cc2)=N1. The number of benzene rings is 2. The number of hydrogen-bond acceptors (Lipinski definition) is 4. The largest absolute Gasteiger partial charge is 0.370 e. The quantitative estimate of drug-likeness (QED) is 0.691. The minimum Gasteiger partial charge on any atom is -0.370 e. The summed E-state index contributed by atoms with van der Waals surface area (Å²) in [5.74, 6) is 0.802. The zero-order valence-electron chi connectivity index (χ0n) is 15.4. The molecule has 0 radical (unpaired) electrons. The summed E-state index contributed by atoms with van der Waals surface area (Å²) in [7, 11) is 0. The van der Waals surface area contributed by atoms with Gasteiger partial charge in [0.15, 0.2) is 0 Å². The molecule has 1 atom stereocenters.